The van der Waals surface area contributed by atoms with E-state index in [0.717, 1.165) is 28.2 Å². The number of pyridine rings is 1. The van der Waals surface area contributed by atoms with Crippen molar-refractivity contribution in [1.29, 1.82) is 0 Å². The number of benzene rings is 1. The van der Waals surface area contributed by atoms with Crippen LogP contribution in [0.3, 0.4) is 0 Å². The molecule has 140 valence electrons. The molecule has 7 heteroatoms. The van der Waals surface area contributed by atoms with Crippen LogP contribution in [-0.4, -0.2) is 30.9 Å². The Bertz CT molecular complexity index is 1100. The van der Waals surface area contributed by atoms with Crippen molar-refractivity contribution in [3.63, 3.8) is 0 Å². The van der Waals surface area contributed by atoms with Gasteiger partial charge in [-0.2, -0.15) is 10.2 Å². The summed E-state index contributed by atoms with van der Waals surface area (Å²) in [5, 5.41) is 14.4. The number of aromatic amines is 1. The molecule has 0 fully saturated rings. The van der Waals surface area contributed by atoms with Gasteiger partial charge in [-0.05, 0) is 49.7 Å². The quantitative estimate of drug-likeness (QED) is 0.560. The second kappa shape index (κ2) is 7.48. The van der Waals surface area contributed by atoms with E-state index >= 15 is 0 Å². The van der Waals surface area contributed by atoms with E-state index in [0.29, 0.717) is 17.9 Å². The van der Waals surface area contributed by atoms with Gasteiger partial charge in [0.25, 0.3) is 5.91 Å². The average Bonchev–Trinajstić information content (AvgIpc) is 3.29. The molecule has 0 aliphatic rings. The van der Waals surface area contributed by atoms with E-state index in [9.17, 15) is 4.79 Å². The van der Waals surface area contributed by atoms with Gasteiger partial charge in [-0.1, -0.05) is 12.1 Å². The minimum atomic E-state index is -0.203. The number of aromatic nitrogens is 5. The van der Waals surface area contributed by atoms with Crippen LogP contribution in [0.25, 0.3) is 11.3 Å². The first-order valence-corrected chi connectivity index (χ1v) is 8.95. The minimum Gasteiger partial charge on any atom is -0.305 e. The molecule has 0 saturated carbocycles. The highest BCUT2D eigenvalue weighted by Crippen LogP contribution is 2.19. The lowest BCUT2D eigenvalue weighted by atomic mass is 10.1. The maximum absolute atomic E-state index is 12.5. The van der Waals surface area contributed by atoms with Gasteiger partial charge in [0.2, 0.25) is 0 Å². The van der Waals surface area contributed by atoms with Gasteiger partial charge in [0.15, 0.2) is 5.82 Å². The van der Waals surface area contributed by atoms with Crippen molar-refractivity contribution in [3.05, 3.63) is 83.4 Å². The number of carbonyl (C=O) groups is 1. The van der Waals surface area contributed by atoms with E-state index in [1.54, 1.807) is 18.5 Å². The Labute approximate surface area is 162 Å². The highest BCUT2D eigenvalue weighted by atomic mass is 16.1. The number of nitrogens with zero attached hydrogens (tertiary/aromatic N) is 4. The number of H-pyrrole nitrogens is 1. The molecule has 4 aromatic rings. The van der Waals surface area contributed by atoms with E-state index in [4.69, 9.17) is 0 Å². The summed E-state index contributed by atoms with van der Waals surface area (Å²) < 4.78 is 1.95. The summed E-state index contributed by atoms with van der Waals surface area (Å²) in [4.78, 5) is 16.5. The summed E-state index contributed by atoms with van der Waals surface area (Å²) in [5.74, 6) is 0.272. The van der Waals surface area contributed by atoms with E-state index in [-0.39, 0.29) is 5.91 Å². The van der Waals surface area contributed by atoms with Gasteiger partial charge >= 0.3 is 0 Å². The molecule has 1 aromatic carbocycles. The van der Waals surface area contributed by atoms with Crippen LogP contribution >= 0.6 is 0 Å². The van der Waals surface area contributed by atoms with Crippen molar-refractivity contribution in [3.8, 4) is 11.3 Å². The van der Waals surface area contributed by atoms with Crippen molar-refractivity contribution >= 4 is 11.7 Å². The fraction of sp³-hybridized carbons (Fsp3) is 0.143. The summed E-state index contributed by atoms with van der Waals surface area (Å²) in [6, 6.07) is 15.1. The molecule has 7 nitrogen and oxygen atoms in total. The Hall–Kier alpha value is -3.74. The van der Waals surface area contributed by atoms with Crippen LogP contribution in [0.2, 0.25) is 0 Å². The zero-order valence-corrected chi connectivity index (χ0v) is 15.7. The molecule has 0 bridgehead atoms. The second-order valence-electron chi connectivity index (χ2n) is 6.64. The summed E-state index contributed by atoms with van der Waals surface area (Å²) in [5.41, 5.74) is 5.55. The Morgan fingerprint density at radius 2 is 1.82 bits per heavy atom. The first-order chi connectivity index (χ1) is 13.6. The van der Waals surface area contributed by atoms with Crippen molar-refractivity contribution in [2.75, 3.05) is 5.32 Å². The molecule has 3 aromatic heterocycles. The number of hydrogen-bond acceptors (Lipinski definition) is 4. The smallest absolute Gasteiger partial charge is 0.256 e. The van der Waals surface area contributed by atoms with Gasteiger partial charge in [-0.15, -0.1) is 0 Å². The largest absolute Gasteiger partial charge is 0.305 e. The first kappa shape index (κ1) is 17.7. The molecule has 1 amide bonds. The highest BCUT2D eigenvalue weighted by Gasteiger charge is 2.10. The van der Waals surface area contributed by atoms with Crippen LogP contribution < -0.4 is 5.32 Å². The maximum atomic E-state index is 12.5. The van der Waals surface area contributed by atoms with E-state index in [1.165, 1.54) is 0 Å². The monoisotopic (exact) mass is 372 g/mol. The third-order valence-electron chi connectivity index (χ3n) is 4.46. The van der Waals surface area contributed by atoms with Crippen LogP contribution in [0.15, 0.2) is 60.9 Å². The van der Waals surface area contributed by atoms with Crippen molar-refractivity contribution in [1.82, 2.24) is 25.0 Å². The summed E-state index contributed by atoms with van der Waals surface area (Å²) in [6.45, 7) is 4.69. The van der Waals surface area contributed by atoms with Gasteiger partial charge in [-0.25, -0.2) is 0 Å². The Morgan fingerprint density at radius 3 is 2.50 bits per heavy atom. The highest BCUT2D eigenvalue weighted by molar-refractivity contribution is 6.03. The summed E-state index contributed by atoms with van der Waals surface area (Å²) in [7, 11) is 0. The fourth-order valence-electron chi connectivity index (χ4n) is 3.02. The van der Waals surface area contributed by atoms with Gasteiger partial charge in [-0.3, -0.25) is 19.6 Å². The number of carbonyl (C=O) groups excluding carboxylic acids is 1. The lowest BCUT2D eigenvalue weighted by Gasteiger charge is -2.06. The SMILES string of the molecule is Cc1cc(C)n(Cc2ccc(C(=O)Nc3cc(-c4ccncc4)[nH]n3)cc2)n1. The lowest BCUT2D eigenvalue weighted by Crippen LogP contribution is -2.12. The first-order valence-electron chi connectivity index (χ1n) is 8.95. The third-order valence-corrected chi connectivity index (χ3v) is 4.46. The predicted molar refractivity (Wildman–Crippen MR) is 107 cm³/mol. The average molecular weight is 372 g/mol. The van der Waals surface area contributed by atoms with Crippen LogP contribution in [0.1, 0.15) is 27.3 Å². The van der Waals surface area contributed by atoms with Gasteiger partial charge in [0, 0.05) is 35.3 Å². The topological polar surface area (TPSA) is 88.5 Å². The van der Waals surface area contributed by atoms with Gasteiger partial charge in [0.1, 0.15) is 0 Å². The van der Waals surface area contributed by atoms with E-state index < -0.39 is 0 Å². The predicted octanol–water partition coefficient (Wildman–Crippen LogP) is 3.59. The molecule has 0 aliphatic carbocycles. The lowest BCUT2D eigenvalue weighted by molar-refractivity contribution is 0.102. The maximum Gasteiger partial charge on any atom is 0.256 e. The Kier molecular flexibility index (Phi) is 4.72. The van der Waals surface area contributed by atoms with Crippen molar-refractivity contribution < 1.29 is 4.79 Å². The molecule has 4 rings (SSSR count). The Morgan fingerprint density at radius 1 is 1.07 bits per heavy atom. The second-order valence-corrected chi connectivity index (χ2v) is 6.64. The molecule has 0 radical (unpaired) electrons. The fourth-order valence-corrected chi connectivity index (χ4v) is 3.02. The molecule has 0 atom stereocenters. The van der Waals surface area contributed by atoms with Gasteiger partial charge < -0.3 is 5.32 Å². The van der Waals surface area contributed by atoms with Crippen molar-refractivity contribution in [2.45, 2.75) is 20.4 Å². The summed E-state index contributed by atoms with van der Waals surface area (Å²) in [6.07, 6.45) is 3.42. The zero-order valence-electron chi connectivity index (χ0n) is 15.7. The number of rotatable bonds is 5. The number of anilines is 1. The number of hydrogen-bond donors (Lipinski definition) is 2. The van der Waals surface area contributed by atoms with Crippen LogP contribution in [0, 0.1) is 13.8 Å². The molecular weight excluding hydrogens is 352 g/mol. The number of aryl methyl sites for hydroxylation is 2. The standard InChI is InChI=1S/C21H20N6O/c1-14-11-15(2)27(26-14)13-16-3-5-18(6-4-16)21(28)23-20-12-19(24-25-20)17-7-9-22-10-8-17/h3-12H,13H2,1-2H3,(H2,23,24,25,28). The molecule has 0 saturated heterocycles. The summed E-state index contributed by atoms with van der Waals surface area (Å²) >= 11 is 0. The van der Waals surface area contributed by atoms with E-state index in [2.05, 4.69) is 25.6 Å². The molecule has 0 aliphatic heterocycles. The molecule has 3 heterocycles. The molecule has 0 unspecified atom stereocenters. The molecule has 0 spiro atoms. The van der Waals surface area contributed by atoms with Gasteiger partial charge in [0.05, 0.1) is 17.9 Å². The van der Waals surface area contributed by atoms with Crippen molar-refractivity contribution in [2.24, 2.45) is 0 Å². The molecule has 2 N–H and O–H groups in total. The van der Waals surface area contributed by atoms with Crippen LogP contribution in [0.5, 0.6) is 0 Å². The zero-order chi connectivity index (χ0) is 19.5. The van der Waals surface area contributed by atoms with Crippen LogP contribution in [0.4, 0.5) is 5.82 Å². The minimum absolute atomic E-state index is 0.203. The normalized spacial score (nSPS) is 10.8. The third kappa shape index (κ3) is 3.83. The van der Waals surface area contributed by atoms with Crippen LogP contribution in [-0.2, 0) is 6.54 Å². The Balaban J connectivity index is 1.42. The molecular formula is C21H20N6O. The van der Waals surface area contributed by atoms with E-state index in [1.807, 2.05) is 61.0 Å². The molecule has 28 heavy (non-hydrogen) atoms. The number of amides is 1. The number of nitrogens with one attached hydrogen (secondary N) is 2.